The van der Waals surface area contributed by atoms with Crippen molar-refractivity contribution in [2.24, 2.45) is 5.41 Å². The summed E-state index contributed by atoms with van der Waals surface area (Å²) in [6.45, 7) is 1.80. The number of aliphatic hydroxyl groups is 1. The number of esters is 1. The van der Waals surface area contributed by atoms with Gasteiger partial charge in [-0.1, -0.05) is 0 Å². The second-order valence-electron chi connectivity index (χ2n) is 4.05. The van der Waals surface area contributed by atoms with Crippen molar-refractivity contribution >= 4 is 11.9 Å². The monoisotopic (exact) mass is 264 g/mol. The Morgan fingerprint density at radius 3 is 2.33 bits per heavy atom. The van der Waals surface area contributed by atoms with E-state index >= 15 is 0 Å². The molecule has 0 radical (unpaired) electrons. The molecule has 0 aliphatic carbocycles. The zero-order valence-electron chi connectivity index (χ0n) is 10.8. The van der Waals surface area contributed by atoms with Crippen molar-refractivity contribution in [3.63, 3.8) is 0 Å². The summed E-state index contributed by atoms with van der Waals surface area (Å²) in [4.78, 5) is 22.5. The van der Waals surface area contributed by atoms with Crippen molar-refractivity contribution in [2.75, 3.05) is 34.0 Å². The van der Waals surface area contributed by atoms with E-state index in [0.29, 0.717) is 6.61 Å². The first kappa shape index (κ1) is 16.8. The van der Waals surface area contributed by atoms with Gasteiger partial charge in [-0.2, -0.15) is 0 Å². The minimum atomic E-state index is -1.78. The van der Waals surface area contributed by atoms with Gasteiger partial charge in [-0.15, -0.1) is 0 Å². The van der Waals surface area contributed by atoms with E-state index in [9.17, 15) is 14.7 Å². The minimum Gasteiger partial charge on any atom is -0.480 e. The second kappa shape index (κ2) is 8.02. The average molecular weight is 264 g/mol. The first-order chi connectivity index (χ1) is 8.38. The SMILES string of the molecule is COCCOCC(O)CC(C)(C(=O)O)C(=O)OC. The molecule has 2 N–H and O–H groups in total. The van der Waals surface area contributed by atoms with Crippen LogP contribution in [0.4, 0.5) is 0 Å². The van der Waals surface area contributed by atoms with E-state index in [1.54, 1.807) is 0 Å². The highest BCUT2D eigenvalue weighted by atomic mass is 16.5. The van der Waals surface area contributed by atoms with Gasteiger partial charge in [0.15, 0.2) is 5.41 Å². The summed E-state index contributed by atoms with van der Waals surface area (Å²) in [5.74, 6) is -2.24. The molecular weight excluding hydrogens is 244 g/mol. The Balaban J connectivity index is 4.33. The van der Waals surface area contributed by atoms with Crippen LogP contribution in [0.3, 0.4) is 0 Å². The van der Waals surface area contributed by atoms with Gasteiger partial charge in [0.2, 0.25) is 0 Å². The molecule has 7 heteroatoms. The molecule has 0 aliphatic rings. The summed E-state index contributed by atoms with van der Waals surface area (Å²) in [5.41, 5.74) is -1.78. The molecule has 106 valence electrons. The van der Waals surface area contributed by atoms with E-state index in [4.69, 9.17) is 14.6 Å². The van der Waals surface area contributed by atoms with Crippen molar-refractivity contribution in [1.29, 1.82) is 0 Å². The highest BCUT2D eigenvalue weighted by molar-refractivity contribution is 5.98. The number of methoxy groups -OCH3 is 2. The number of ether oxygens (including phenoxy) is 3. The fourth-order valence-corrected chi connectivity index (χ4v) is 1.38. The van der Waals surface area contributed by atoms with Crippen molar-refractivity contribution in [1.82, 2.24) is 0 Å². The lowest BCUT2D eigenvalue weighted by Crippen LogP contribution is -2.41. The lowest BCUT2D eigenvalue weighted by molar-refractivity contribution is -0.168. The lowest BCUT2D eigenvalue weighted by atomic mass is 9.84. The molecule has 18 heavy (non-hydrogen) atoms. The Kier molecular flexibility index (Phi) is 7.49. The second-order valence-corrected chi connectivity index (χ2v) is 4.05. The summed E-state index contributed by atoms with van der Waals surface area (Å²) in [6, 6.07) is 0. The quantitative estimate of drug-likeness (QED) is 0.334. The molecule has 2 unspecified atom stereocenters. The Hall–Kier alpha value is -1.18. The third-order valence-corrected chi connectivity index (χ3v) is 2.49. The molecule has 2 atom stereocenters. The van der Waals surface area contributed by atoms with Crippen LogP contribution in [0.1, 0.15) is 13.3 Å². The number of carboxylic acid groups (broad SMARTS) is 1. The number of rotatable bonds is 9. The number of hydrogen-bond donors (Lipinski definition) is 2. The summed E-state index contributed by atoms with van der Waals surface area (Å²) in [7, 11) is 2.61. The number of aliphatic hydroxyl groups excluding tert-OH is 1. The highest BCUT2D eigenvalue weighted by Crippen LogP contribution is 2.25. The fraction of sp³-hybridized carbons (Fsp3) is 0.818. The summed E-state index contributed by atoms with van der Waals surface area (Å²) in [6.07, 6.45) is -1.34. The van der Waals surface area contributed by atoms with Gasteiger partial charge in [0.05, 0.1) is 33.0 Å². The Bertz CT molecular complexity index is 279. The molecule has 0 aromatic heterocycles. The van der Waals surface area contributed by atoms with E-state index in [0.717, 1.165) is 7.11 Å². The molecule has 0 heterocycles. The van der Waals surface area contributed by atoms with Gasteiger partial charge in [-0.25, -0.2) is 0 Å². The van der Waals surface area contributed by atoms with Gasteiger partial charge >= 0.3 is 11.9 Å². The smallest absolute Gasteiger partial charge is 0.323 e. The fourth-order valence-electron chi connectivity index (χ4n) is 1.38. The summed E-state index contributed by atoms with van der Waals surface area (Å²) < 4.78 is 14.2. The Morgan fingerprint density at radius 1 is 1.28 bits per heavy atom. The third-order valence-electron chi connectivity index (χ3n) is 2.49. The van der Waals surface area contributed by atoms with E-state index in [1.807, 2.05) is 0 Å². The maximum Gasteiger partial charge on any atom is 0.323 e. The normalized spacial score (nSPS) is 15.8. The van der Waals surface area contributed by atoms with Crippen LogP contribution in [0.2, 0.25) is 0 Å². The van der Waals surface area contributed by atoms with Gasteiger partial charge < -0.3 is 24.4 Å². The van der Waals surface area contributed by atoms with Crippen molar-refractivity contribution < 1.29 is 34.0 Å². The molecule has 0 saturated carbocycles. The maximum atomic E-state index is 11.4. The summed E-state index contributed by atoms with van der Waals surface area (Å²) >= 11 is 0. The minimum absolute atomic E-state index is 0.0662. The topological polar surface area (TPSA) is 102 Å². The van der Waals surface area contributed by atoms with Crippen LogP contribution in [0, 0.1) is 5.41 Å². The van der Waals surface area contributed by atoms with Crippen LogP contribution >= 0.6 is 0 Å². The van der Waals surface area contributed by atoms with E-state index < -0.39 is 23.5 Å². The Morgan fingerprint density at radius 2 is 1.89 bits per heavy atom. The number of carbonyl (C=O) groups is 2. The van der Waals surface area contributed by atoms with Gasteiger partial charge in [0.25, 0.3) is 0 Å². The lowest BCUT2D eigenvalue weighted by Gasteiger charge is -2.24. The zero-order valence-corrected chi connectivity index (χ0v) is 10.8. The van der Waals surface area contributed by atoms with Crippen molar-refractivity contribution in [3.05, 3.63) is 0 Å². The van der Waals surface area contributed by atoms with Gasteiger partial charge in [-0.05, 0) is 6.92 Å². The average Bonchev–Trinajstić information content (AvgIpc) is 2.33. The first-order valence-corrected chi connectivity index (χ1v) is 5.45. The maximum absolute atomic E-state index is 11.4. The van der Waals surface area contributed by atoms with Crippen LogP contribution in [-0.2, 0) is 23.8 Å². The predicted octanol–water partition coefficient (Wildman–Crippen LogP) is -0.336. The van der Waals surface area contributed by atoms with Gasteiger partial charge in [-0.3, -0.25) is 9.59 Å². The van der Waals surface area contributed by atoms with Crippen LogP contribution in [0.25, 0.3) is 0 Å². The molecule has 0 aromatic carbocycles. The van der Waals surface area contributed by atoms with Gasteiger partial charge in [0, 0.05) is 13.5 Å². The molecule has 0 fully saturated rings. The molecule has 0 aliphatic heterocycles. The number of carboxylic acids is 1. The van der Waals surface area contributed by atoms with Crippen LogP contribution in [0.5, 0.6) is 0 Å². The molecule has 0 aromatic rings. The number of carbonyl (C=O) groups excluding carboxylic acids is 1. The Labute approximate surface area is 106 Å². The van der Waals surface area contributed by atoms with Crippen LogP contribution in [-0.4, -0.2) is 62.3 Å². The molecule has 7 nitrogen and oxygen atoms in total. The van der Waals surface area contributed by atoms with Gasteiger partial charge in [0.1, 0.15) is 0 Å². The standard InChI is InChI=1S/C11H20O7/c1-11(9(13)14,10(15)17-3)6-8(12)7-18-5-4-16-2/h8,12H,4-7H2,1-3H3,(H,13,14). The summed E-state index contributed by atoms with van der Waals surface area (Å²) in [5, 5.41) is 18.7. The third kappa shape index (κ3) is 4.99. The molecular formula is C11H20O7. The number of hydrogen-bond acceptors (Lipinski definition) is 6. The van der Waals surface area contributed by atoms with Crippen LogP contribution in [0.15, 0.2) is 0 Å². The first-order valence-electron chi connectivity index (χ1n) is 5.45. The molecule has 0 spiro atoms. The molecule has 0 amide bonds. The number of aliphatic carboxylic acids is 1. The molecule has 0 rings (SSSR count). The van der Waals surface area contributed by atoms with Crippen molar-refractivity contribution in [3.8, 4) is 0 Å². The molecule has 0 saturated heterocycles. The highest BCUT2D eigenvalue weighted by Gasteiger charge is 2.44. The van der Waals surface area contributed by atoms with E-state index in [-0.39, 0.29) is 19.6 Å². The largest absolute Gasteiger partial charge is 0.480 e. The van der Waals surface area contributed by atoms with E-state index in [1.165, 1.54) is 14.0 Å². The van der Waals surface area contributed by atoms with E-state index in [2.05, 4.69) is 4.74 Å². The molecule has 0 bridgehead atoms. The predicted molar refractivity (Wildman–Crippen MR) is 61.1 cm³/mol. The van der Waals surface area contributed by atoms with Crippen molar-refractivity contribution in [2.45, 2.75) is 19.4 Å². The zero-order chi connectivity index (χ0) is 14.2. The van der Waals surface area contributed by atoms with Crippen LogP contribution < -0.4 is 0 Å².